The van der Waals surface area contributed by atoms with E-state index in [1.807, 2.05) is 58.0 Å². The average molecular weight is 685 g/mol. The topological polar surface area (TPSA) is 183 Å². The molecule has 2 aliphatic heterocycles. The molecule has 0 aliphatic carbocycles. The second-order valence-corrected chi connectivity index (χ2v) is 13.6. The maximum atomic E-state index is 12.9. The number of rotatable bonds is 9. The van der Waals surface area contributed by atoms with Gasteiger partial charge in [0, 0.05) is 46.6 Å². The van der Waals surface area contributed by atoms with Gasteiger partial charge in [-0.2, -0.15) is 5.10 Å². The van der Waals surface area contributed by atoms with Gasteiger partial charge in [-0.25, -0.2) is 4.98 Å². The zero-order valence-electron chi connectivity index (χ0n) is 28.2. The van der Waals surface area contributed by atoms with Gasteiger partial charge in [0.2, 0.25) is 11.8 Å². The van der Waals surface area contributed by atoms with Crippen LogP contribution in [-0.2, 0) is 22.6 Å². The Morgan fingerprint density at radius 2 is 1.75 bits per heavy atom. The number of pyridine rings is 1. The van der Waals surface area contributed by atoms with Gasteiger partial charge in [0.15, 0.2) is 5.82 Å². The maximum Gasteiger partial charge on any atom is 0.249 e. The zero-order chi connectivity index (χ0) is 35.1. The van der Waals surface area contributed by atoms with Crippen molar-refractivity contribution in [3.8, 4) is 28.1 Å². The van der Waals surface area contributed by atoms with Gasteiger partial charge in [0.05, 0.1) is 17.4 Å². The van der Waals surface area contributed by atoms with Crippen LogP contribution in [0.4, 0.5) is 11.6 Å². The highest BCUT2D eigenvalue weighted by Gasteiger charge is 2.31. The van der Waals surface area contributed by atoms with Gasteiger partial charge in [-0.05, 0) is 93.6 Å². The van der Waals surface area contributed by atoms with E-state index in [9.17, 15) is 14.7 Å². The Morgan fingerprint density at radius 1 is 0.941 bits per heavy atom. The number of hydrogen-bond donors (Lipinski definition) is 4. The number of imide groups is 1. The third-order valence-corrected chi connectivity index (χ3v) is 10.3. The summed E-state index contributed by atoms with van der Waals surface area (Å²) in [6.07, 6.45) is 8.50. The molecule has 0 bridgehead atoms. The Bertz CT molecular complexity index is 2270. The quantitative estimate of drug-likeness (QED) is 0.156. The third kappa shape index (κ3) is 6.36. The molecule has 0 saturated carbocycles. The van der Waals surface area contributed by atoms with Crippen molar-refractivity contribution in [1.29, 1.82) is 0 Å². The van der Waals surface area contributed by atoms with Gasteiger partial charge in [-0.15, -0.1) is 10.2 Å². The Morgan fingerprint density at radius 3 is 2.57 bits per heavy atom. The fourth-order valence-electron chi connectivity index (χ4n) is 7.73. The van der Waals surface area contributed by atoms with Crippen molar-refractivity contribution in [1.82, 2.24) is 39.7 Å². The average Bonchev–Trinajstić information content (AvgIpc) is 3.72. The van der Waals surface area contributed by atoms with Crippen LogP contribution >= 0.6 is 0 Å². The first-order chi connectivity index (χ1) is 24.8. The summed E-state index contributed by atoms with van der Waals surface area (Å²) in [5.74, 6) is 0.852. The fourth-order valence-corrected chi connectivity index (χ4v) is 7.73. The molecule has 6 heterocycles. The summed E-state index contributed by atoms with van der Waals surface area (Å²) in [5, 5.41) is 27.8. The molecule has 0 radical (unpaired) electrons. The number of hydrogen-bond acceptors (Lipinski definition) is 10. The maximum absolute atomic E-state index is 12.9. The number of amides is 2. The highest BCUT2D eigenvalue weighted by atomic mass is 16.3. The van der Waals surface area contributed by atoms with Gasteiger partial charge in [0.25, 0.3) is 0 Å². The number of nitrogens with zero attached hydrogens (tertiary/aromatic N) is 7. The van der Waals surface area contributed by atoms with E-state index in [1.54, 1.807) is 18.2 Å². The molecule has 1 unspecified atom stereocenters. The molecule has 2 fully saturated rings. The number of phenolic OH excluding ortho intramolecular Hbond substituents is 1. The van der Waals surface area contributed by atoms with E-state index in [2.05, 4.69) is 31.6 Å². The lowest BCUT2D eigenvalue weighted by molar-refractivity contribution is -0.135. The summed E-state index contributed by atoms with van der Waals surface area (Å²) in [6.45, 7) is 3.84. The summed E-state index contributed by atoms with van der Waals surface area (Å²) in [5.41, 5.74) is 18.1. The van der Waals surface area contributed by atoms with Crippen molar-refractivity contribution in [3.63, 3.8) is 0 Å². The molecule has 0 spiro atoms. The van der Waals surface area contributed by atoms with E-state index in [1.165, 1.54) is 0 Å². The van der Waals surface area contributed by atoms with Crippen LogP contribution in [-0.4, -0.2) is 71.0 Å². The number of aromatic nitrogens is 6. The van der Waals surface area contributed by atoms with Gasteiger partial charge in [-0.3, -0.25) is 19.6 Å². The second kappa shape index (κ2) is 13.5. The Kier molecular flexibility index (Phi) is 8.56. The molecule has 2 saturated heterocycles. The van der Waals surface area contributed by atoms with Crippen LogP contribution in [0.3, 0.4) is 0 Å². The van der Waals surface area contributed by atoms with Crippen molar-refractivity contribution in [2.75, 3.05) is 31.1 Å². The number of nitrogens with one attached hydrogen (secondary N) is 1. The van der Waals surface area contributed by atoms with Crippen LogP contribution in [0.25, 0.3) is 44.3 Å². The molecule has 4 aromatic heterocycles. The minimum Gasteiger partial charge on any atom is -0.507 e. The van der Waals surface area contributed by atoms with Crippen molar-refractivity contribution in [2.24, 2.45) is 5.92 Å². The standard InChI is InChI=1S/C38H40N10O3/c39-33-18-24(35-27-8-1-3-9-30(27)48(37(35)42-33)31-11-12-34(50)43-38(31)51)6-5-15-46-16-13-23(14-17-46)21-47-22-25(20-41-47)28-19-29(44-45-36(28)40)26-7-2-4-10-32(26)49/h1-4,7-10,18-20,22-23,31,49H,5-6,11-17,21H2,(H2,39,42)(H2,40,45)(H,43,50,51). The van der Waals surface area contributed by atoms with Crippen LogP contribution in [0.2, 0.25) is 0 Å². The van der Waals surface area contributed by atoms with E-state index in [4.69, 9.17) is 16.5 Å². The molecule has 6 N–H and O–H groups in total. The highest BCUT2D eigenvalue weighted by molar-refractivity contribution is 6.10. The van der Waals surface area contributed by atoms with Crippen molar-refractivity contribution < 1.29 is 14.7 Å². The van der Waals surface area contributed by atoms with Crippen LogP contribution in [0, 0.1) is 5.92 Å². The van der Waals surface area contributed by atoms with E-state index in [0.717, 1.165) is 84.8 Å². The van der Waals surface area contributed by atoms with E-state index < -0.39 is 6.04 Å². The molecular weight excluding hydrogens is 644 g/mol. The van der Waals surface area contributed by atoms with Crippen molar-refractivity contribution in [2.45, 2.75) is 51.1 Å². The largest absolute Gasteiger partial charge is 0.507 e. The molecule has 2 amide bonds. The van der Waals surface area contributed by atoms with E-state index in [0.29, 0.717) is 47.3 Å². The minimum atomic E-state index is -0.518. The monoisotopic (exact) mass is 684 g/mol. The molecule has 1 atom stereocenters. The zero-order valence-corrected chi connectivity index (χ0v) is 28.2. The highest BCUT2D eigenvalue weighted by Crippen LogP contribution is 2.37. The van der Waals surface area contributed by atoms with Gasteiger partial charge in [-0.1, -0.05) is 30.3 Å². The number of carbonyl (C=O) groups excluding carboxylic acids is 2. The molecule has 51 heavy (non-hydrogen) atoms. The van der Waals surface area contributed by atoms with Gasteiger partial charge < -0.3 is 26.0 Å². The van der Waals surface area contributed by atoms with Crippen LogP contribution < -0.4 is 16.8 Å². The number of aryl methyl sites for hydroxylation is 1. The number of nitrogen functional groups attached to an aromatic ring is 2. The molecule has 13 nitrogen and oxygen atoms in total. The van der Waals surface area contributed by atoms with Crippen molar-refractivity contribution >= 4 is 45.4 Å². The lowest BCUT2D eigenvalue weighted by atomic mass is 9.96. The predicted octanol–water partition coefficient (Wildman–Crippen LogP) is 4.70. The van der Waals surface area contributed by atoms with E-state index >= 15 is 0 Å². The Hall–Kier alpha value is -5.82. The fraction of sp³-hybridized carbons (Fsp3) is 0.316. The van der Waals surface area contributed by atoms with Crippen LogP contribution in [0.1, 0.15) is 43.7 Å². The summed E-state index contributed by atoms with van der Waals surface area (Å²) < 4.78 is 3.95. The summed E-state index contributed by atoms with van der Waals surface area (Å²) >= 11 is 0. The Labute approximate surface area is 294 Å². The number of fused-ring (bicyclic) bond motifs is 3. The third-order valence-electron chi connectivity index (χ3n) is 10.3. The van der Waals surface area contributed by atoms with Crippen molar-refractivity contribution in [3.05, 3.63) is 78.6 Å². The van der Waals surface area contributed by atoms with Gasteiger partial charge in [0.1, 0.15) is 23.3 Å². The molecule has 8 rings (SSSR count). The molecule has 260 valence electrons. The number of nitrogens with two attached hydrogens (primary N) is 2. The predicted molar refractivity (Wildman–Crippen MR) is 195 cm³/mol. The van der Waals surface area contributed by atoms with Crippen LogP contribution in [0.15, 0.2) is 73.1 Å². The lowest BCUT2D eigenvalue weighted by Gasteiger charge is -2.31. The SMILES string of the molecule is Nc1cc(CCCN2CCC(Cn3cc(-c4cc(-c5ccccc5O)nnc4N)cn3)CC2)c2c3ccccc3n(C3CCC(=O)NC3=O)c2n1. The first-order valence-electron chi connectivity index (χ1n) is 17.5. The smallest absolute Gasteiger partial charge is 0.249 e. The molecule has 13 heteroatoms. The van der Waals surface area contributed by atoms with Gasteiger partial charge >= 0.3 is 0 Å². The first-order valence-corrected chi connectivity index (χ1v) is 17.5. The molecule has 2 aromatic carbocycles. The molecule has 2 aliphatic rings. The number of carbonyl (C=O) groups is 2. The lowest BCUT2D eigenvalue weighted by Crippen LogP contribution is -2.41. The van der Waals surface area contributed by atoms with Crippen LogP contribution in [0.5, 0.6) is 5.75 Å². The first kappa shape index (κ1) is 32.4. The molecular formula is C38H40N10O3. The Balaban J connectivity index is 0.904. The molecule has 6 aromatic rings. The summed E-state index contributed by atoms with van der Waals surface area (Å²) in [6, 6.07) is 18.4. The van der Waals surface area contributed by atoms with E-state index in [-0.39, 0.29) is 17.6 Å². The number of anilines is 2. The number of piperidine rings is 2. The minimum absolute atomic E-state index is 0.138. The summed E-state index contributed by atoms with van der Waals surface area (Å²) in [7, 11) is 0. The number of likely N-dealkylation sites (tertiary alicyclic amines) is 1. The number of aromatic hydroxyl groups is 1. The number of para-hydroxylation sites is 2. The number of benzene rings is 2. The number of phenols is 1. The summed E-state index contributed by atoms with van der Waals surface area (Å²) in [4.78, 5) is 32.1. The normalized spacial score (nSPS) is 17.4. The second-order valence-electron chi connectivity index (χ2n) is 13.6.